The molecule has 0 saturated carbocycles. The monoisotopic (exact) mass is 350 g/mol. The summed E-state index contributed by atoms with van der Waals surface area (Å²) < 4.78 is 3.53. The highest BCUT2D eigenvalue weighted by atomic mass is 15.4. The Morgan fingerprint density at radius 2 is 2.08 bits per heavy atom. The summed E-state index contributed by atoms with van der Waals surface area (Å²) in [5.74, 6) is 3.12. The largest absolute Gasteiger partial charge is 0.369 e. The van der Waals surface area contributed by atoms with E-state index < -0.39 is 0 Å². The molecule has 26 heavy (non-hydrogen) atoms. The van der Waals surface area contributed by atoms with Crippen LogP contribution in [0.5, 0.6) is 0 Å². The summed E-state index contributed by atoms with van der Waals surface area (Å²) in [5.41, 5.74) is 1.61. The van der Waals surface area contributed by atoms with Crippen LogP contribution in [0.1, 0.15) is 5.82 Å². The van der Waals surface area contributed by atoms with Gasteiger partial charge in [-0.2, -0.15) is 9.61 Å². The maximum Gasteiger partial charge on any atom is 0.178 e. The Morgan fingerprint density at radius 3 is 2.96 bits per heavy atom. The van der Waals surface area contributed by atoms with Gasteiger partial charge in [0, 0.05) is 32.6 Å². The Bertz CT molecular complexity index is 1090. The van der Waals surface area contributed by atoms with Crippen molar-refractivity contribution in [2.24, 2.45) is 13.0 Å². The van der Waals surface area contributed by atoms with E-state index in [9.17, 15) is 0 Å². The van der Waals surface area contributed by atoms with Gasteiger partial charge >= 0.3 is 0 Å². The molecule has 0 bridgehead atoms. The average Bonchev–Trinajstić information content (AvgIpc) is 3.18. The molecule has 0 unspecified atom stereocenters. The predicted octanol–water partition coefficient (Wildman–Crippen LogP) is 0.658. The van der Waals surface area contributed by atoms with Crippen molar-refractivity contribution in [2.75, 3.05) is 29.9 Å². The second-order valence-electron chi connectivity index (χ2n) is 6.59. The van der Waals surface area contributed by atoms with E-state index >= 15 is 0 Å². The van der Waals surface area contributed by atoms with E-state index in [1.165, 1.54) is 0 Å². The third kappa shape index (κ3) is 2.33. The standard InChI is InChI=1S/C16H18N10/c1-10-21-22-13-3-4-14(23-26(10)13)25-7-11(8-25)5-17-15-12-6-20-24(2)16(12)19-9-18-15/h3-4,6,9,11H,5,7-8H2,1-2H3,(H,17,18,19). The topological polar surface area (TPSA) is 102 Å². The van der Waals surface area contributed by atoms with Gasteiger partial charge in [-0.1, -0.05) is 0 Å². The van der Waals surface area contributed by atoms with Crippen LogP contribution in [0.25, 0.3) is 16.7 Å². The SMILES string of the molecule is Cc1nnc2ccc(N3CC(CNc4ncnc5c4cnn5C)C3)nn12. The van der Waals surface area contributed by atoms with Gasteiger partial charge in [0.15, 0.2) is 17.1 Å². The number of nitrogens with zero attached hydrogens (tertiary/aromatic N) is 9. The molecule has 0 amide bonds. The third-order valence-electron chi connectivity index (χ3n) is 4.77. The second-order valence-corrected chi connectivity index (χ2v) is 6.59. The summed E-state index contributed by atoms with van der Waals surface area (Å²) in [5, 5.41) is 21.4. The Kier molecular flexibility index (Phi) is 3.24. The van der Waals surface area contributed by atoms with Crippen molar-refractivity contribution in [3.63, 3.8) is 0 Å². The number of hydrogen-bond donors (Lipinski definition) is 1. The van der Waals surface area contributed by atoms with Gasteiger partial charge in [-0.3, -0.25) is 4.68 Å². The molecule has 132 valence electrons. The zero-order valence-electron chi connectivity index (χ0n) is 14.5. The molecular weight excluding hydrogens is 332 g/mol. The maximum atomic E-state index is 4.62. The van der Waals surface area contributed by atoms with Gasteiger partial charge in [-0.25, -0.2) is 9.97 Å². The molecule has 0 radical (unpaired) electrons. The summed E-state index contributed by atoms with van der Waals surface area (Å²) in [6, 6.07) is 3.95. The van der Waals surface area contributed by atoms with Crippen molar-refractivity contribution in [2.45, 2.75) is 6.92 Å². The molecule has 4 aromatic rings. The fourth-order valence-corrected chi connectivity index (χ4v) is 3.29. The van der Waals surface area contributed by atoms with Crippen molar-refractivity contribution in [3.8, 4) is 0 Å². The van der Waals surface area contributed by atoms with Crippen LogP contribution in [0.15, 0.2) is 24.7 Å². The molecular formula is C16H18N10. The van der Waals surface area contributed by atoms with Gasteiger partial charge in [0.2, 0.25) is 0 Å². The fraction of sp³-hybridized carbons (Fsp3) is 0.375. The highest BCUT2D eigenvalue weighted by Gasteiger charge is 2.28. The predicted molar refractivity (Wildman–Crippen MR) is 96.0 cm³/mol. The molecule has 1 aliphatic heterocycles. The van der Waals surface area contributed by atoms with Crippen LogP contribution >= 0.6 is 0 Å². The third-order valence-corrected chi connectivity index (χ3v) is 4.77. The van der Waals surface area contributed by atoms with Crippen LogP contribution in [0.4, 0.5) is 11.6 Å². The molecule has 5 heterocycles. The van der Waals surface area contributed by atoms with Crippen molar-refractivity contribution < 1.29 is 0 Å². The first-order valence-electron chi connectivity index (χ1n) is 8.49. The van der Waals surface area contributed by atoms with Crippen LogP contribution in [-0.4, -0.2) is 59.2 Å². The fourth-order valence-electron chi connectivity index (χ4n) is 3.29. The van der Waals surface area contributed by atoms with Gasteiger partial charge in [0.1, 0.15) is 18.0 Å². The first-order chi connectivity index (χ1) is 12.7. The van der Waals surface area contributed by atoms with Crippen LogP contribution in [-0.2, 0) is 7.05 Å². The van der Waals surface area contributed by atoms with Gasteiger partial charge < -0.3 is 10.2 Å². The highest BCUT2D eigenvalue weighted by Crippen LogP contribution is 2.24. The second kappa shape index (κ2) is 5.61. The zero-order chi connectivity index (χ0) is 17.7. The molecule has 1 fully saturated rings. The van der Waals surface area contributed by atoms with E-state index in [0.29, 0.717) is 5.92 Å². The minimum atomic E-state index is 0.538. The molecule has 10 nitrogen and oxygen atoms in total. The smallest absolute Gasteiger partial charge is 0.178 e. The molecule has 1 N–H and O–H groups in total. The lowest BCUT2D eigenvalue weighted by Crippen LogP contribution is -2.50. The van der Waals surface area contributed by atoms with E-state index in [-0.39, 0.29) is 0 Å². The summed E-state index contributed by atoms with van der Waals surface area (Å²) >= 11 is 0. The van der Waals surface area contributed by atoms with Crippen LogP contribution in [0.3, 0.4) is 0 Å². The van der Waals surface area contributed by atoms with Crippen LogP contribution in [0, 0.1) is 12.8 Å². The number of anilines is 2. The maximum absolute atomic E-state index is 4.62. The Balaban J connectivity index is 1.24. The summed E-state index contributed by atoms with van der Waals surface area (Å²) in [6.45, 7) is 4.66. The highest BCUT2D eigenvalue weighted by molar-refractivity contribution is 5.85. The molecule has 0 aromatic carbocycles. The minimum absolute atomic E-state index is 0.538. The van der Waals surface area contributed by atoms with Gasteiger partial charge in [-0.05, 0) is 19.1 Å². The molecule has 5 rings (SSSR count). The molecule has 0 aliphatic carbocycles. The Morgan fingerprint density at radius 1 is 1.19 bits per heavy atom. The van der Waals surface area contributed by atoms with E-state index in [4.69, 9.17) is 0 Å². The lowest BCUT2D eigenvalue weighted by Gasteiger charge is -2.40. The first kappa shape index (κ1) is 15.0. The normalized spacial score (nSPS) is 14.9. The molecule has 1 aliphatic rings. The number of nitrogens with one attached hydrogen (secondary N) is 1. The van der Waals surface area contributed by atoms with Crippen molar-refractivity contribution in [3.05, 3.63) is 30.5 Å². The lowest BCUT2D eigenvalue weighted by atomic mass is 10.0. The number of fused-ring (bicyclic) bond motifs is 2. The number of hydrogen-bond acceptors (Lipinski definition) is 8. The van der Waals surface area contributed by atoms with E-state index in [2.05, 4.69) is 40.6 Å². The van der Waals surface area contributed by atoms with Gasteiger partial charge in [-0.15, -0.1) is 15.3 Å². The molecule has 0 atom stereocenters. The van der Waals surface area contributed by atoms with Gasteiger partial charge in [0.05, 0.1) is 11.6 Å². The van der Waals surface area contributed by atoms with E-state index in [1.807, 2.05) is 26.1 Å². The number of aryl methyl sites for hydroxylation is 2. The van der Waals surface area contributed by atoms with E-state index in [0.717, 1.165) is 53.8 Å². The van der Waals surface area contributed by atoms with Crippen molar-refractivity contribution >= 4 is 28.3 Å². The summed E-state index contributed by atoms with van der Waals surface area (Å²) in [6.07, 6.45) is 3.37. The molecule has 10 heteroatoms. The molecule has 4 aromatic heterocycles. The molecule has 0 spiro atoms. The van der Waals surface area contributed by atoms with Crippen LogP contribution < -0.4 is 10.2 Å². The lowest BCUT2D eigenvalue weighted by molar-refractivity contribution is 0.424. The average molecular weight is 350 g/mol. The zero-order valence-corrected chi connectivity index (χ0v) is 14.5. The van der Waals surface area contributed by atoms with Gasteiger partial charge in [0.25, 0.3) is 0 Å². The Labute approximate surface area is 148 Å². The quantitative estimate of drug-likeness (QED) is 0.573. The minimum Gasteiger partial charge on any atom is -0.369 e. The van der Waals surface area contributed by atoms with Crippen molar-refractivity contribution in [1.82, 2.24) is 39.6 Å². The first-order valence-corrected chi connectivity index (χ1v) is 8.49. The van der Waals surface area contributed by atoms with E-state index in [1.54, 1.807) is 21.7 Å². The summed E-state index contributed by atoms with van der Waals surface area (Å²) in [7, 11) is 1.88. The van der Waals surface area contributed by atoms with Crippen LogP contribution in [0.2, 0.25) is 0 Å². The Hall–Kier alpha value is -3.30. The number of aromatic nitrogens is 8. The van der Waals surface area contributed by atoms with Crippen molar-refractivity contribution in [1.29, 1.82) is 0 Å². The number of rotatable bonds is 4. The summed E-state index contributed by atoms with van der Waals surface area (Å²) in [4.78, 5) is 10.9. The molecule has 1 saturated heterocycles.